The Labute approximate surface area is 136 Å². The Morgan fingerprint density at radius 2 is 0.778 bits per heavy atom. The molecule has 0 spiro atoms. The van der Waals surface area contributed by atoms with E-state index in [0.29, 0.717) is 0 Å². The first-order valence-corrected chi connectivity index (χ1v) is 2.68. The van der Waals surface area contributed by atoms with Gasteiger partial charge >= 0.3 is 114 Å². The molecule has 0 unspecified atom stereocenters. The van der Waals surface area contributed by atoms with Crippen LogP contribution in [0.25, 0.3) is 0 Å². The Morgan fingerprint density at radius 1 is 0.778 bits per heavy atom. The molecular formula is H11Ca2NaO5Si. The van der Waals surface area contributed by atoms with Gasteiger partial charge in [-0.3, -0.25) is 0 Å². The normalized spacial score (nSPS) is 6.67. The third-order valence-corrected chi connectivity index (χ3v) is 0. The zero-order chi connectivity index (χ0) is 4.50. The molecule has 0 saturated heterocycles. The molecule has 0 aromatic carbocycles. The average molecular weight is 222 g/mol. The first-order valence-electron chi connectivity index (χ1n) is 0.894. The molecule has 50 valence electrons. The molecule has 9 heteroatoms. The monoisotopic (exact) mass is 222 g/mol. The van der Waals surface area contributed by atoms with E-state index in [-0.39, 0.29) is 111 Å². The van der Waals surface area contributed by atoms with Crippen molar-refractivity contribution in [1.82, 2.24) is 0 Å². The van der Waals surface area contributed by atoms with E-state index in [1.54, 1.807) is 0 Å². The zero-order valence-electron chi connectivity index (χ0n) is 2.79. The van der Waals surface area contributed by atoms with Gasteiger partial charge in [-0.05, 0) is 0 Å². The van der Waals surface area contributed by atoms with Gasteiger partial charge in [-0.25, -0.2) is 0 Å². The summed E-state index contributed by atoms with van der Waals surface area (Å²) in [5.74, 6) is 0. The molecule has 0 atom stereocenters. The molecule has 0 aliphatic heterocycles. The van der Waals surface area contributed by atoms with Gasteiger partial charge in [0.05, 0.1) is 0 Å². The SMILES string of the molecule is O.O[Si](O)(O)O.[CaH2].[CaH2].[NaH]. The fourth-order valence-electron chi connectivity index (χ4n) is 0. The van der Waals surface area contributed by atoms with Crippen molar-refractivity contribution in [3.8, 4) is 0 Å². The topological polar surface area (TPSA) is 112 Å². The molecule has 0 aromatic heterocycles. The van der Waals surface area contributed by atoms with Gasteiger partial charge in [0.25, 0.3) is 0 Å². The minimum absolute atomic E-state index is 0. The predicted octanol–water partition coefficient (Wildman–Crippen LogP) is -5.91. The fraction of sp³-hybridized carbons (Fsp3) is 0. The summed E-state index contributed by atoms with van der Waals surface area (Å²) < 4.78 is 0. The fourth-order valence-corrected chi connectivity index (χ4v) is 0. The molecular weight excluding hydrogens is 211 g/mol. The van der Waals surface area contributed by atoms with Crippen LogP contribution in [-0.2, 0) is 0 Å². The van der Waals surface area contributed by atoms with Crippen LogP contribution in [0.15, 0.2) is 0 Å². The maximum atomic E-state index is 7.33. The third kappa shape index (κ3) is 83.9. The van der Waals surface area contributed by atoms with Gasteiger partial charge in [-0.15, -0.1) is 0 Å². The van der Waals surface area contributed by atoms with E-state index in [1.807, 2.05) is 0 Å². The van der Waals surface area contributed by atoms with E-state index >= 15 is 0 Å². The van der Waals surface area contributed by atoms with Gasteiger partial charge in [0.1, 0.15) is 0 Å². The Bertz CT molecular complexity index is 30.4. The van der Waals surface area contributed by atoms with E-state index in [4.69, 9.17) is 19.2 Å². The molecule has 6 N–H and O–H groups in total. The van der Waals surface area contributed by atoms with Crippen molar-refractivity contribution in [3.05, 3.63) is 0 Å². The van der Waals surface area contributed by atoms with Crippen molar-refractivity contribution < 1.29 is 24.7 Å². The first kappa shape index (κ1) is 29.4. The van der Waals surface area contributed by atoms with Crippen LogP contribution in [0.4, 0.5) is 0 Å². The van der Waals surface area contributed by atoms with Crippen molar-refractivity contribution >= 4 is 114 Å². The second-order valence-corrected chi connectivity index (χ2v) is 1.80. The average Bonchev–Trinajstić information content (AvgIpc) is 0.722. The van der Waals surface area contributed by atoms with Gasteiger partial charge in [0, 0.05) is 0 Å². The van der Waals surface area contributed by atoms with Crippen LogP contribution < -0.4 is 0 Å². The second-order valence-electron chi connectivity index (χ2n) is 0.600. The van der Waals surface area contributed by atoms with Crippen LogP contribution in [0.1, 0.15) is 0 Å². The Morgan fingerprint density at radius 3 is 0.778 bits per heavy atom. The van der Waals surface area contributed by atoms with Crippen LogP contribution in [0.5, 0.6) is 0 Å². The van der Waals surface area contributed by atoms with Gasteiger partial charge < -0.3 is 24.7 Å². The van der Waals surface area contributed by atoms with E-state index in [2.05, 4.69) is 0 Å². The van der Waals surface area contributed by atoms with Gasteiger partial charge in [0.2, 0.25) is 0 Å². The molecule has 0 heterocycles. The number of hydrogen-bond donors (Lipinski definition) is 4. The quantitative estimate of drug-likeness (QED) is 0.306. The summed E-state index contributed by atoms with van der Waals surface area (Å²) in [4.78, 5) is 29.3. The molecule has 9 heavy (non-hydrogen) atoms. The van der Waals surface area contributed by atoms with Crippen LogP contribution in [-0.4, -0.2) is 139 Å². The third-order valence-electron chi connectivity index (χ3n) is 0. The number of rotatable bonds is 0. The van der Waals surface area contributed by atoms with Crippen molar-refractivity contribution in [1.29, 1.82) is 0 Å². The Balaban J connectivity index is -0.0000000133. The predicted molar refractivity (Wildman–Crippen MR) is 42.5 cm³/mol. The van der Waals surface area contributed by atoms with Gasteiger partial charge in [0.15, 0.2) is 0 Å². The van der Waals surface area contributed by atoms with Crippen LogP contribution in [0, 0.1) is 0 Å². The van der Waals surface area contributed by atoms with Gasteiger partial charge in [-0.1, -0.05) is 0 Å². The standard InChI is InChI=1S/2Ca.Na.H4O4Si.H2O.5H/c;;;1-5(2,3)4;;;;;;/h;;;1-4H;1H2;;;;;. The van der Waals surface area contributed by atoms with Gasteiger partial charge in [-0.2, -0.15) is 0 Å². The molecule has 0 aromatic rings. The van der Waals surface area contributed by atoms with Crippen molar-refractivity contribution in [2.75, 3.05) is 0 Å². The first-order chi connectivity index (χ1) is 2.00. The second kappa shape index (κ2) is 14.1. The molecule has 5 nitrogen and oxygen atoms in total. The van der Waals surface area contributed by atoms with Crippen molar-refractivity contribution in [2.45, 2.75) is 0 Å². The summed E-state index contributed by atoms with van der Waals surface area (Å²) in [6.07, 6.45) is 0. The molecule has 0 aliphatic rings. The molecule has 0 rings (SSSR count). The van der Waals surface area contributed by atoms with Crippen LogP contribution >= 0.6 is 0 Å². The summed E-state index contributed by atoms with van der Waals surface area (Å²) >= 11 is 0. The van der Waals surface area contributed by atoms with Crippen LogP contribution in [0.3, 0.4) is 0 Å². The molecule has 0 aliphatic carbocycles. The Kier molecular flexibility index (Phi) is 46.0. The molecule has 0 fully saturated rings. The van der Waals surface area contributed by atoms with E-state index < -0.39 is 9.05 Å². The zero-order valence-corrected chi connectivity index (χ0v) is 3.79. The summed E-state index contributed by atoms with van der Waals surface area (Å²) in [6, 6.07) is 0. The van der Waals surface area contributed by atoms with E-state index in [1.165, 1.54) is 0 Å². The molecule has 0 bridgehead atoms. The number of hydrogen-bond acceptors (Lipinski definition) is 4. The minimum atomic E-state index is -4.61. The van der Waals surface area contributed by atoms with E-state index in [9.17, 15) is 0 Å². The summed E-state index contributed by atoms with van der Waals surface area (Å²) in [5, 5.41) is 0. The van der Waals surface area contributed by atoms with E-state index in [0.717, 1.165) is 0 Å². The van der Waals surface area contributed by atoms with Crippen molar-refractivity contribution in [2.24, 2.45) is 0 Å². The Hall–Kier alpha value is 3.54. The molecule has 0 saturated carbocycles. The van der Waals surface area contributed by atoms with Crippen LogP contribution in [0.2, 0.25) is 0 Å². The molecule has 0 radical (unpaired) electrons. The molecule has 0 amide bonds. The summed E-state index contributed by atoms with van der Waals surface area (Å²) in [7, 11) is -4.61. The maximum absolute atomic E-state index is 7.33. The summed E-state index contributed by atoms with van der Waals surface area (Å²) in [5.41, 5.74) is 0. The van der Waals surface area contributed by atoms with Crippen molar-refractivity contribution in [3.63, 3.8) is 0 Å². The summed E-state index contributed by atoms with van der Waals surface area (Å²) in [6.45, 7) is 0.